The molecule has 0 aromatic heterocycles. The van der Waals surface area contributed by atoms with E-state index in [0.717, 1.165) is 12.5 Å². The number of benzene rings is 1. The first-order valence-electron chi connectivity index (χ1n) is 6.53. The Balaban J connectivity index is 2.34. The molecule has 0 bridgehead atoms. The zero-order chi connectivity index (χ0) is 15.5. The van der Waals surface area contributed by atoms with Gasteiger partial charge in [0.15, 0.2) is 0 Å². The summed E-state index contributed by atoms with van der Waals surface area (Å²) in [6.07, 6.45) is 3.37. The number of methoxy groups -OCH3 is 1. The van der Waals surface area contributed by atoms with Crippen LogP contribution >= 0.6 is 11.6 Å². The van der Waals surface area contributed by atoms with Gasteiger partial charge in [0.2, 0.25) is 0 Å². The minimum absolute atomic E-state index is 0.400. The second kappa shape index (κ2) is 10.2. The first-order valence-corrected chi connectivity index (χ1v) is 6.91. The lowest BCUT2D eigenvalue weighted by Crippen LogP contribution is -2.08. The standard InChI is InChI=1S/C15H19ClO5/c1-19-7-2-8-20-9-10-21-14-5-3-12(11-13(14)16)4-6-15(17)18/h3-6,11H,2,7-10H2,1H3,(H,17,18)/b6-4+. The van der Waals surface area contributed by atoms with E-state index in [1.54, 1.807) is 25.3 Å². The van der Waals surface area contributed by atoms with Gasteiger partial charge >= 0.3 is 5.97 Å². The van der Waals surface area contributed by atoms with Gasteiger partial charge in [-0.15, -0.1) is 0 Å². The van der Waals surface area contributed by atoms with Crippen molar-refractivity contribution in [2.75, 3.05) is 33.5 Å². The van der Waals surface area contributed by atoms with Crippen molar-refractivity contribution in [1.29, 1.82) is 0 Å². The van der Waals surface area contributed by atoms with E-state index in [4.69, 9.17) is 30.9 Å². The zero-order valence-corrected chi connectivity index (χ0v) is 12.6. The molecule has 1 aromatic rings. The molecule has 0 unspecified atom stereocenters. The highest BCUT2D eigenvalue weighted by atomic mass is 35.5. The monoisotopic (exact) mass is 314 g/mol. The van der Waals surface area contributed by atoms with Crippen LogP contribution in [0.4, 0.5) is 0 Å². The highest BCUT2D eigenvalue weighted by Gasteiger charge is 2.02. The second-order valence-corrected chi connectivity index (χ2v) is 4.58. The van der Waals surface area contributed by atoms with E-state index in [2.05, 4.69) is 0 Å². The van der Waals surface area contributed by atoms with E-state index >= 15 is 0 Å². The summed E-state index contributed by atoms with van der Waals surface area (Å²) >= 11 is 6.06. The summed E-state index contributed by atoms with van der Waals surface area (Å²) in [5.74, 6) is -0.457. The number of halogens is 1. The van der Waals surface area contributed by atoms with Crippen molar-refractivity contribution < 1.29 is 24.1 Å². The molecule has 0 fully saturated rings. The fraction of sp³-hybridized carbons (Fsp3) is 0.400. The quantitative estimate of drug-likeness (QED) is 0.531. The molecule has 1 aromatic carbocycles. The Kier molecular flexibility index (Phi) is 8.50. The van der Waals surface area contributed by atoms with Crippen molar-refractivity contribution in [1.82, 2.24) is 0 Å². The molecule has 21 heavy (non-hydrogen) atoms. The van der Waals surface area contributed by atoms with Crippen molar-refractivity contribution in [3.05, 3.63) is 34.9 Å². The third-order valence-electron chi connectivity index (χ3n) is 2.50. The van der Waals surface area contributed by atoms with Crippen LogP contribution < -0.4 is 4.74 Å². The fourth-order valence-corrected chi connectivity index (χ4v) is 1.77. The number of hydrogen-bond donors (Lipinski definition) is 1. The molecular weight excluding hydrogens is 296 g/mol. The Morgan fingerprint density at radius 2 is 2.10 bits per heavy atom. The Morgan fingerprint density at radius 3 is 2.76 bits per heavy atom. The highest BCUT2D eigenvalue weighted by Crippen LogP contribution is 2.25. The van der Waals surface area contributed by atoms with Gasteiger partial charge in [-0.2, -0.15) is 0 Å². The molecule has 0 aliphatic carbocycles. The fourth-order valence-electron chi connectivity index (χ4n) is 1.52. The first kappa shape index (κ1) is 17.5. The van der Waals surface area contributed by atoms with E-state index in [9.17, 15) is 4.79 Å². The molecule has 1 rings (SSSR count). The number of aliphatic carboxylic acids is 1. The van der Waals surface area contributed by atoms with Crippen molar-refractivity contribution in [2.24, 2.45) is 0 Å². The maximum Gasteiger partial charge on any atom is 0.328 e. The van der Waals surface area contributed by atoms with Crippen LogP contribution in [0.3, 0.4) is 0 Å². The predicted molar refractivity (Wildman–Crippen MR) is 80.9 cm³/mol. The number of ether oxygens (including phenoxy) is 3. The molecular formula is C15H19ClO5. The molecule has 0 aliphatic rings. The lowest BCUT2D eigenvalue weighted by molar-refractivity contribution is -0.131. The third kappa shape index (κ3) is 7.70. The first-order chi connectivity index (χ1) is 10.1. The highest BCUT2D eigenvalue weighted by molar-refractivity contribution is 6.32. The lowest BCUT2D eigenvalue weighted by Gasteiger charge is -2.09. The van der Waals surface area contributed by atoms with E-state index < -0.39 is 5.97 Å². The summed E-state index contributed by atoms with van der Waals surface area (Å²) in [5, 5.41) is 8.99. The molecule has 0 saturated carbocycles. The van der Waals surface area contributed by atoms with E-state index in [1.165, 1.54) is 6.08 Å². The van der Waals surface area contributed by atoms with Crippen molar-refractivity contribution >= 4 is 23.6 Å². The van der Waals surface area contributed by atoms with Gasteiger partial charge in [-0.1, -0.05) is 17.7 Å². The van der Waals surface area contributed by atoms with Gasteiger partial charge in [0.05, 0.1) is 11.6 Å². The van der Waals surface area contributed by atoms with Gasteiger partial charge in [-0.3, -0.25) is 0 Å². The van der Waals surface area contributed by atoms with E-state index in [0.29, 0.717) is 42.8 Å². The number of carboxylic acids is 1. The van der Waals surface area contributed by atoms with Crippen LogP contribution in [0.2, 0.25) is 5.02 Å². The molecule has 5 nitrogen and oxygen atoms in total. The van der Waals surface area contributed by atoms with Gasteiger partial charge in [0.25, 0.3) is 0 Å². The van der Waals surface area contributed by atoms with E-state index in [1.807, 2.05) is 0 Å². The van der Waals surface area contributed by atoms with Gasteiger partial charge < -0.3 is 19.3 Å². The Labute approximate surface area is 129 Å². The maximum atomic E-state index is 10.4. The average molecular weight is 315 g/mol. The number of rotatable bonds is 10. The van der Waals surface area contributed by atoms with Gasteiger partial charge in [-0.05, 0) is 30.2 Å². The molecule has 1 N–H and O–H groups in total. The molecule has 0 atom stereocenters. The second-order valence-electron chi connectivity index (χ2n) is 4.17. The number of carbonyl (C=O) groups is 1. The summed E-state index contributed by atoms with van der Waals surface area (Å²) in [6, 6.07) is 5.09. The van der Waals surface area contributed by atoms with Crippen LogP contribution in [0, 0.1) is 0 Å². The topological polar surface area (TPSA) is 65.0 Å². The normalized spacial score (nSPS) is 11.0. The summed E-state index contributed by atoms with van der Waals surface area (Å²) in [7, 11) is 1.65. The summed E-state index contributed by atoms with van der Waals surface area (Å²) in [6.45, 7) is 2.18. The van der Waals surface area contributed by atoms with Crippen LogP contribution in [0.5, 0.6) is 5.75 Å². The molecule has 6 heteroatoms. The maximum absolute atomic E-state index is 10.4. The molecule has 0 saturated heterocycles. The SMILES string of the molecule is COCCCOCCOc1ccc(/C=C/C(=O)O)cc1Cl. The smallest absolute Gasteiger partial charge is 0.328 e. The molecule has 0 amide bonds. The van der Waals surface area contributed by atoms with Gasteiger partial charge in [0.1, 0.15) is 12.4 Å². The van der Waals surface area contributed by atoms with Crippen LogP contribution in [0.15, 0.2) is 24.3 Å². The van der Waals surface area contributed by atoms with Crippen molar-refractivity contribution in [3.8, 4) is 5.75 Å². The number of carboxylic acid groups (broad SMARTS) is 1. The Bertz CT molecular complexity index is 473. The van der Waals surface area contributed by atoms with E-state index in [-0.39, 0.29) is 0 Å². The van der Waals surface area contributed by atoms with Gasteiger partial charge in [0, 0.05) is 26.4 Å². The third-order valence-corrected chi connectivity index (χ3v) is 2.79. The van der Waals surface area contributed by atoms with Crippen molar-refractivity contribution in [2.45, 2.75) is 6.42 Å². The minimum atomic E-state index is -1.00. The Hall–Kier alpha value is -1.56. The molecule has 0 spiro atoms. The zero-order valence-electron chi connectivity index (χ0n) is 11.9. The van der Waals surface area contributed by atoms with Crippen LogP contribution in [0.1, 0.15) is 12.0 Å². The molecule has 116 valence electrons. The van der Waals surface area contributed by atoms with Gasteiger partial charge in [-0.25, -0.2) is 4.79 Å². The molecule has 0 radical (unpaired) electrons. The molecule has 0 aliphatic heterocycles. The van der Waals surface area contributed by atoms with Crippen molar-refractivity contribution in [3.63, 3.8) is 0 Å². The van der Waals surface area contributed by atoms with Crippen LogP contribution in [-0.2, 0) is 14.3 Å². The summed E-state index contributed by atoms with van der Waals surface area (Å²) in [4.78, 5) is 10.4. The largest absolute Gasteiger partial charge is 0.490 e. The number of hydrogen-bond acceptors (Lipinski definition) is 4. The Morgan fingerprint density at radius 1 is 1.29 bits per heavy atom. The van der Waals surface area contributed by atoms with Crippen LogP contribution in [0.25, 0.3) is 6.08 Å². The lowest BCUT2D eigenvalue weighted by atomic mass is 10.2. The van der Waals surface area contributed by atoms with Crippen LogP contribution in [-0.4, -0.2) is 44.6 Å². The summed E-state index contributed by atoms with van der Waals surface area (Å²) in [5.41, 5.74) is 0.700. The average Bonchev–Trinajstić information content (AvgIpc) is 2.46. The molecule has 0 heterocycles. The predicted octanol–water partition coefficient (Wildman–Crippen LogP) is 2.87. The minimum Gasteiger partial charge on any atom is -0.490 e. The summed E-state index contributed by atoms with van der Waals surface area (Å²) < 4.78 is 15.8.